The maximum atomic E-state index is 11.6. The van der Waals surface area contributed by atoms with Crippen LogP contribution in [-0.2, 0) is 10.3 Å². The van der Waals surface area contributed by atoms with Crippen molar-refractivity contribution in [1.82, 2.24) is 9.88 Å². The van der Waals surface area contributed by atoms with Gasteiger partial charge in [0.05, 0.1) is 0 Å². The predicted molar refractivity (Wildman–Crippen MR) is 100 cm³/mol. The van der Waals surface area contributed by atoms with Crippen molar-refractivity contribution in [3.8, 4) is 11.8 Å². The zero-order valence-corrected chi connectivity index (χ0v) is 15.1. The van der Waals surface area contributed by atoms with Crippen LogP contribution in [0.4, 0.5) is 0 Å². The molecule has 26 heavy (non-hydrogen) atoms. The molecule has 1 aromatic carbocycles. The Balaban J connectivity index is 1.79. The Bertz CT molecular complexity index is 765. The number of nitrogens with zero attached hydrogens (tertiary/aromatic N) is 2. The molecule has 3 fully saturated rings. The highest BCUT2D eigenvalue weighted by Gasteiger charge is 2.46. The molecule has 3 aliphatic heterocycles. The first-order chi connectivity index (χ1) is 12.7. The number of methoxy groups -OCH3 is 1. The molecule has 5 rings (SSSR count). The highest BCUT2D eigenvalue weighted by molar-refractivity contribution is 5.45. The fraction of sp³-hybridized carbons (Fsp3) is 0.409. The number of rotatable bonds is 3. The van der Waals surface area contributed by atoms with Gasteiger partial charge in [0, 0.05) is 43.1 Å². The summed E-state index contributed by atoms with van der Waals surface area (Å²) in [7, 11) is 1.74. The second-order valence-corrected chi connectivity index (χ2v) is 7.21. The average Bonchev–Trinajstić information content (AvgIpc) is 2.74. The van der Waals surface area contributed by atoms with E-state index in [1.54, 1.807) is 19.5 Å². The summed E-state index contributed by atoms with van der Waals surface area (Å²) in [6, 6.07) is 13.2. The van der Waals surface area contributed by atoms with E-state index in [1.807, 2.05) is 42.5 Å². The Kier molecular flexibility index (Phi) is 4.54. The van der Waals surface area contributed by atoms with Crippen molar-refractivity contribution in [3.63, 3.8) is 0 Å². The molecular formula is C22H24N2O2. The lowest BCUT2D eigenvalue weighted by Gasteiger charge is -2.49. The van der Waals surface area contributed by atoms with Gasteiger partial charge in [0.25, 0.3) is 0 Å². The van der Waals surface area contributed by atoms with Crippen molar-refractivity contribution < 1.29 is 9.84 Å². The maximum Gasteiger partial charge on any atom is 0.177 e. The van der Waals surface area contributed by atoms with E-state index in [0.29, 0.717) is 5.92 Å². The van der Waals surface area contributed by atoms with Gasteiger partial charge in [-0.2, -0.15) is 0 Å². The number of benzene rings is 1. The van der Waals surface area contributed by atoms with Gasteiger partial charge in [-0.1, -0.05) is 42.2 Å². The fourth-order valence-corrected chi connectivity index (χ4v) is 4.22. The van der Waals surface area contributed by atoms with Crippen LogP contribution in [0.3, 0.4) is 0 Å². The number of hydrogen-bond acceptors (Lipinski definition) is 4. The largest absolute Gasteiger partial charge is 0.369 e. The zero-order valence-electron chi connectivity index (χ0n) is 15.1. The quantitative estimate of drug-likeness (QED) is 0.866. The molecule has 0 aliphatic carbocycles. The number of aromatic nitrogens is 1. The van der Waals surface area contributed by atoms with E-state index < -0.39 is 11.2 Å². The van der Waals surface area contributed by atoms with E-state index in [4.69, 9.17) is 4.74 Å². The molecule has 0 spiro atoms. The Morgan fingerprint density at radius 2 is 1.77 bits per heavy atom. The standard InChI is InChI=1S/C22H24N2O2/c1-26-21(17-24-15-9-18(21)10-16-24)11-12-22(25,19-5-3-2-4-6-19)20-7-13-23-14-8-20/h2-8,13-14,18,25H,9-10,15-17H2,1H3/t21-,22?/m1/s1. The van der Waals surface area contributed by atoms with Gasteiger partial charge in [-0.15, -0.1) is 0 Å². The summed E-state index contributed by atoms with van der Waals surface area (Å²) >= 11 is 0. The Morgan fingerprint density at radius 3 is 2.35 bits per heavy atom. The minimum absolute atomic E-state index is 0.419. The van der Waals surface area contributed by atoms with Crippen molar-refractivity contribution in [2.75, 3.05) is 26.7 Å². The summed E-state index contributed by atoms with van der Waals surface area (Å²) in [4.78, 5) is 6.48. The molecular weight excluding hydrogens is 324 g/mol. The minimum atomic E-state index is -1.39. The first-order valence-electron chi connectivity index (χ1n) is 9.16. The lowest BCUT2D eigenvalue weighted by molar-refractivity contribution is -0.0964. The SMILES string of the molecule is CO[C@]1(C#CC(O)(c2ccccc2)c2ccncc2)CN2CCC1CC2. The molecule has 2 aromatic rings. The number of piperidine rings is 3. The summed E-state index contributed by atoms with van der Waals surface area (Å²) in [6.07, 6.45) is 5.57. The molecule has 4 heterocycles. The molecule has 1 unspecified atom stereocenters. The summed E-state index contributed by atoms with van der Waals surface area (Å²) < 4.78 is 5.94. The Labute approximate surface area is 154 Å². The van der Waals surface area contributed by atoms with Gasteiger partial charge >= 0.3 is 0 Å². The van der Waals surface area contributed by atoms with Crippen molar-refractivity contribution in [1.29, 1.82) is 0 Å². The van der Waals surface area contributed by atoms with Crippen LogP contribution >= 0.6 is 0 Å². The number of pyridine rings is 1. The van der Waals surface area contributed by atoms with Crippen LogP contribution in [0, 0.1) is 17.8 Å². The number of ether oxygens (including phenoxy) is 1. The lowest BCUT2D eigenvalue weighted by Crippen LogP contribution is -2.59. The van der Waals surface area contributed by atoms with E-state index in [9.17, 15) is 5.11 Å². The van der Waals surface area contributed by atoms with Crippen LogP contribution in [0.25, 0.3) is 0 Å². The van der Waals surface area contributed by atoms with Gasteiger partial charge in [-0.05, 0) is 38.1 Å². The number of aliphatic hydroxyl groups is 1. The van der Waals surface area contributed by atoms with E-state index in [2.05, 4.69) is 21.7 Å². The summed E-state index contributed by atoms with van der Waals surface area (Å²) in [5, 5.41) is 11.6. The number of fused-ring (bicyclic) bond motifs is 3. The first kappa shape index (κ1) is 17.2. The Morgan fingerprint density at radius 1 is 1.12 bits per heavy atom. The van der Waals surface area contributed by atoms with E-state index in [-0.39, 0.29) is 0 Å². The van der Waals surface area contributed by atoms with Crippen LogP contribution in [-0.4, -0.2) is 47.3 Å². The van der Waals surface area contributed by atoms with Gasteiger partial charge < -0.3 is 9.84 Å². The molecule has 3 saturated heterocycles. The van der Waals surface area contributed by atoms with E-state index in [0.717, 1.165) is 43.6 Å². The lowest BCUT2D eigenvalue weighted by atomic mass is 9.75. The summed E-state index contributed by atoms with van der Waals surface area (Å²) in [5.41, 5.74) is -0.418. The third-order valence-electron chi connectivity index (χ3n) is 5.81. The third kappa shape index (κ3) is 2.93. The topological polar surface area (TPSA) is 45.6 Å². The van der Waals surface area contributed by atoms with E-state index in [1.165, 1.54) is 0 Å². The highest BCUT2D eigenvalue weighted by Crippen LogP contribution is 2.38. The predicted octanol–water partition coefficient (Wildman–Crippen LogP) is 2.43. The minimum Gasteiger partial charge on any atom is -0.369 e. The van der Waals surface area contributed by atoms with Crippen molar-refractivity contribution in [2.24, 2.45) is 5.92 Å². The monoisotopic (exact) mass is 348 g/mol. The molecule has 4 heteroatoms. The van der Waals surface area contributed by atoms with Crippen molar-refractivity contribution >= 4 is 0 Å². The summed E-state index contributed by atoms with van der Waals surface area (Å²) in [6.45, 7) is 3.04. The first-order valence-corrected chi connectivity index (χ1v) is 9.16. The fourth-order valence-electron chi connectivity index (χ4n) is 4.22. The van der Waals surface area contributed by atoms with E-state index >= 15 is 0 Å². The molecule has 0 saturated carbocycles. The maximum absolute atomic E-state index is 11.6. The van der Waals surface area contributed by atoms with Gasteiger partial charge in [0.2, 0.25) is 0 Å². The molecule has 4 nitrogen and oxygen atoms in total. The molecule has 134 valence electrons. The molecule has 1 N–H and O–H groups in total. The van der Waals surface area contributed by atoms with Gasteiger partial charge in [0.1, 0.15) is 5.60 Å². The second-order valence-electron chi connectivity index (χ2n) is 7.21. The van der Waals surface area contributed by atoms with Gasteiger partial charge in [0.15, 0.2) is 5.60 Å². The van der Waals surface area contributed by atoms with Gasteiger partial charge in [-0.25, -0.2) is 0 Å². The van der Waals surface area contributed by atoms with Crippen LogP contribution in [0.1, 0.15) is 24.0 Å². The van der Waals surface area contributed by atoms with Crippen molar-refractivity contribution in [3.05, 3.63) is 66.0 Å². The van der Waals surface area contributed by atoms with Crippen molar-refractivity contribution in [2.45, 2.75) is 24.0 Å². The highest BCUT2D eigenvalue weighted by atomic mass is 16.5. The molecule has 0 amide bonds. The molecule has 2 bridgehead atoms. The zero-order chi connectivity index (χ0) is 18.0. The normalized spacial score (nSPS) is 29.5. The third-order valence-corrected chi connectivity index (χ3v) is 5.81. The number of hydrogen-bond donors (Lipinski definition) is 1. The van der Waals surface area contributed by atoms with Crippen LogP contribution in [0.5, 0.6) is 0 Å². The molecule has 3 aliphatic rings. The average molecular weight is 348 g/mol. The van der Waals surface area contributed by atoms with Gasteiger partial charge in [-0.3, -0.25) is 9.88 Å². The molecule has 0 radical (unpaired) electrons. The summed E-state index contributed by atoms with van der Waals surface area (Å²) in [5.74, 6) is 6.99. The molecule has 1 aromatic heterocycles. The van der Waals surface area contributed by atoms with Crippen LogP contribution < -0.4 is 0 Å². The van der Waals surface area contributed by atoms with Crippen LogP contribution in [0.2, 0.25) is 0 Å². The second kappa shape index (κ2) is 6.85. The smallest absolute Gasteiger partial charge is 0.177 e. The Hall–Kier alpha value is -2.19. The van der Waals surface area contributed by atoms with Crippen LogP contribution in [0.15, 0.2) is 54.9 Å². The molecule has 2 atom stereocenters.